The number of aryl methyl sites for hydroxylation is 19. The summed E-state index contributed by atoms with van der Waals surface area (Å²) in [5.74, 6) is 2.71. The van der Waals surface area contributed by atoms with Gasteiger partial charge in [-0.25, -0.2) is 0 Å². The molecule has 6 aromatic heterocycles. The fourth-order valence-electron chi connectivity index (χ4n) is 17.9. The molecule has 0 N–H and O–H groups in total. The first kappa shape index (κ1) is 141. The molecule has 775 valence electrons. The molecule has 0 atom stereocenters. The summed E-state index contributed by atoms with van der Waals surface area (Å²) >= 11 is 0. The first-order valence-corrected chi connectivity index (χ1v) is 45.4. The zero-order chi connectivity index (χ0) is 95.7. The van der Waals surface area contributed by atoms with Crippen molar-refractivity contribution in [3.63, 3.8) is 0 Å². The van der Waals surface area contributed by atoms with Gasteiger partial charge in [-0.05, 0) is 270 Å². The summed E-state index contributed by atoms with van der Waals surface area (Å²) in [6, 6.07) is 21.4. The molecule has 0 unspecified atom stereocenters. The Morgan fingerprint density at radius 1 is 0.179 bits per heavy atom. The van der Waals surface area contributed by atoms with Gasteiger partial charge in [-0.3, -0.25) is 14.6 Å². The van der Waals surface area contributed by atoms with E-state index >= 15 is 0 Å². The average Bonchev–Trinajstić information content (AvgIpc) is 0.930. The maximum absolute atomic E-state index is 5.09. The van der Waals surface area contributed by atoms with Crippen LogP contribution in [0, 0.1) is 421 Å². The Hall–Kier alpha value is -7.52. The normalized spacial score (nSPS) is 10.2. The molecule has 0 amide bonds. The fraction of sp³-hybridized carbons (Fsp3) is 0.389. The monoisotopic (exact) mass is 2790 g/mol. The Labute approximate surface area is 929 Å². The van der Waals surface area contributed by atoms with Crippen molar-refractivity contribution < 1.29 is 106 Å². The second kappa shape index (κ2) is 55.7. The zero-order valence-electron chi connectivity index (χ0n) is 97.2. The molecule has 0 aliphatic rings. The van der Waals surface area contributed by atoms with E-state index in [2.05, 4.69) is 382 Å². The Balaban J connectivity index is -0.000000213. The minimum atomic E-state index is 0. The van der Waals surface area contributed by atoms with Crippen molar-refractivity contribution in [3.05, 3.63) is 358 Å². The number of fused-ring (bicyclic) bond motifs is 2. The van der Waals surface area contributed by atoms with Crippen LogP contribution in [0.1, 0.15) is 268 Å². The molecular weight excluding hydrogens is 2600 g/mol. The second-order valence-electron chi connectivity index (χ2n) is 37.5. The van der Waals surface area contributed by atoms with E-state index in [-0.39, 0.29) is 166 Å². The summed E-state index contributed by atoms with van der Waals surface area (Å²) in [6.07, 6.45) is 0. The van der Waals surface area contributed by atoms with E-state index in [4.69, 9.17) is 19.9 Å². The van der Waals surface area contributed by atoms with Crippen molar-refractivity contribution in [1.29, 1.82) is 0 Å². The maximum atomic E-state index is 5.09. The number of pyridine rings is 4. The Morgan fingerprint density at radius 2 is 0.371 bits per heavy atom. The van der Waals surface area contributed by atoms with E-state index in [0.717, 1.165) is 102 Å². The van der Waals surface area contributed by atoms with Crippen LogP contribution in [-0.4, -0.2) is 44.3 Å². The van der Waals surface area contributed by atoms with Crippen molar-refractivity contribution in [2.75, 3.05) is 0 Å². The molecule has 140 heavy (non-hydrogen) atoms. The van der Waals surface area contributed by atoms with Crippen LogP contribution in [0.15, 0.2) is 0 Å². The van der Waals surface area contributed by atoms with Crippen LogP contribution in [-0.2, 0) is 115 Å². The van der Waals surface area contributed by atoms with Gasteiger partial charge >= 0.3 is 80.4 Å². The molecule has 14 heteroatoms. The largest absolute Gasteiger partial charge is 3.00 e. The second-order valence-corrected chi connectivity index (χ2v) is 37.5. The Morgan fingerprint density at radius 3 is 0.600 bits per heavy atom. The maximum Gasteiger partial charge on any atom is 3.00 e. The number of imidazole rings is 1. The van der Waals surface area contributed by atoms with Gasteiger partial charge in [0.05, 0.1) is 11.6 Å². The van der Waals surface area contributed by atoms with Crippen molar-refractivity contribution in [2.45, 2.75) is 325 Å². The van der Waals surface area contributed by atoms with Crippen LogP contribution in [0.3, 0.4) is 0 Å². The molecule has 0 aliphatic carbocycles. The van der Waals surface area contributed by atoms with Crippen LogP contribution in [0.5, 0.6) is 0 Å². The Bertz CT molecular complexity index is 6440. The molecule has 0 aliphatic heterocycles. The van der Waals surface area contributed by atoms with Crippen molar-refractivity contribution in [1.82, 2.24) is 44.3 Å². The molecule has 0 spiro atoms. The first-order valence-electron chi connectivity index (χ1n) is 45.4. The van der Waals surface area contributed by atoms with E-state index in [1.165, 1.54) is 250 Å². The third-order valence-corrected chi connectivity index (χ3v) is 31.0. The standard InChI is InChI=1S/2C25H30N.2C19H24N.C16H21N2.C14H18N3.8CH3.5Ir.4H2/c2*1-12-11-22(17(6)14(3)13(12)2)25-24-19(8)16(5)15(4)18(7)23(24)20(9)21(10)26-25;2*1-10-9-18(15(6)12(3)11(10)2)19-16(7)13(4)14(5)17(8)20-19;1-9-8-15(12(4)11(3)10(9)2)16-17-13(5)14(6)18(16)7;1-8-7-13(11(4)10(3)9(8)2)14-15-12(5)16-17(14)6;;;;;;;;;;;;;;;;;/h2*1-10H3;2*1-8H3;1-7H3;1-6H3;8*1H3;;;;;;4*1H/q14*-1;;4*+3;;;;/i;;;;;;;;;;;;;;;;;;;4*1+1. The molecule has 14 aromatic rings. The molecule has 14 rings (SSSR count). The predicted octanol–water partition coefficient (Wildman–Crippen LogP) is 34.7. The van der Waals surface area contributed by atoms with E-state index in [9.17, 15) is 0 Å². The van der Waals surface area contributed by atoms with E-state index < -0.39 is 0 Å². The average molecular weight is 2780 g/mol. The van der Waals surface area contributed by atoms with Crippen LogP contribution in [0.4, 0.5) is 0 Å². The number of nitrogens with zero attached hydrogens (tertiary/aromatic N) is 9. The molecule has 9 nitrogen and oxygen atoms in total. The van der Waals surface area contributed by atoms with Gasteiger partial charge in [0.15, 0.2) is 0 Å². The van der Waals surface area contributed by atoms with Gasteiger partial charge in [0, 0.05) is 74.1 Å². The van der Waals surface area contributed by atoms with Gasteiger partial charge < -0.3 is 83.9 Å². The van der Waals surface area contributed by atoms with Gasteiger partial charge in [0.1, 0.15) is 5.82 Å². The first-order chi connectivity index (χ1) is 58.9. The van der Waals surface area contributed by atoms with Gasteiger partial charge in [0.2, 0.25) is 0 Å². The number of rotatable bonds is 6. The number of benzene rings is 8. The molecule has 6 heterocycles. The van der Waals surface area contributed by atoms with Crippen LogP contribution in [0.25, 0.3) is 89.4 Å². The predicted molar refractivity (Wildman–Crippen MR) is 604 cm³/mol. The minimum Gasteiger partial charge on any atom is -0.371 e. The van der Waals surface area contributed by atoms with Crippen LogP contribution >= 0.6 is 0 Å². The van der Waals surface area contributed by atoms with Crippen molar-refractivity contribution in [3.8, 4) is 67.8 Å². The molecule has 1 radical (unpaired) electrons. The van der Waals surface area contributed by atoms with Crippen LogP contribution < -0.4 is 0 Å². The summed E-state index contributed by atoms with van der Waals surface area (Å²) in [6.45, 7) is 102. The van der Waals surface area contributed by atoms with Gasteiger partial charge in [0.25, 0.3) is 0 Å². The summed E-state index contributed by atoms with van der Waals surface area (Å²) in [5.41, 5.74) is 70.4. The minimum absolute atomic E-state index is 0. The summed E-state index contributed by atoms with van der Waals surface area (Å²) in [5, 5.41) is 9.64. The topological polar surface area (TPSA) is 100 Å². The number of aromatic nitrogens is 9. The zero-order valence-corrected chi connectivity index (χ0v) is 109. The molecule has 8 aromatic carbocycles. The molecular formula is C126H179Ir5N9-2. The SMILES string of the molecule is Cc1[c-]c(-c2nc(C)c(C)c(C)c2C)c(C)c(C)c1C.Cc1[c-]c(-c2nc(C)c(C)c(C)c2C)c(C)c(C)c1C.Cc1[c-]c(-c2nc(C)c(C)c3c(C)c(C)c(C)c(C)c23)c(C)c(C)c1C.Cc1[c-]c(-c2nc(C)c(C)c3c(C)c(C)c(C)c(C)c23)c(C)c(C)c1C.Cc1[c-]c(-c2nc(C)c(C)n2C)c(C)c(C)c1C.Cc1nc(-c2[c-]c(C)c(C)c(C)c2C)n(C)n1.[2HH].[2HH].[2HH].[2HH].[CH3-].[CH3-].[CH3-].[CH3-].[CH3-].[CH3-].[CH3-].[CH3-].[Ir+3].[Ir+3].[Ir+3].[Ir+3].[Ir]. The smallest absolute Gasteiger partial charge is 0.371 e. The summed E-state index contributed by atoms with van der Waals surface area (Å²) < 4.78 is 3.98. The van der Waals surface area contributed by atoms with Crippen molar-refractivity contribution >= 4 is 21.5 Å². The van der Waals surface area contributed by atoms with E-state index in [1.54, 1.807) is 0 Å². The molecule has 0 bridgehead atoms. The summed E-state index contributed by atoms with van der Waals surface area (Å²) in [4.78, 5) is 29.0. The van der Waals surface area contributed by atoms with Gasteiger partial charge in [-0.1, -0.05) is 188 Å². The van der Waals surface area contributed by atoms with Crippen molar-refractivity contribution in [2.24, 2.45) is 14.1 Å². The summed E-state index contributed by atoms with van der Waals surface area (Å²) in [7, 11) is 4.00. The van der Waals surface area contributed by atoms with E-state index in [1.807, 2.05) is 18.7 Å². The number of hydrogen-bond acceptors (Lipinski definition) is 7. The third kappa shape index (κ3) is 27.0. The molecule has 0 saturated heterocycles. The molecule has 0 fully saturated rings. The van der Waals surface area contributed by atoms with Gasteiger partial charge in [-0.15, -0.1) is 203 Å². The third-order valence-electron chi connectivity index (χ3n) is 31.0. The van der Waals surface area contributed by atoms with E-state index in [0.29, 0.717) is 0 Å². The van der Waals surface area contributed by atoms with Gasteiger partial charge in [-0.2, -0.15) is 5.10 Å². The quantitative estimate of drug-likeness (QED) is 0.153. The number of hydrogen-bond donors (Lipinski definition) is 0. The Kier molecular flexibility index (Phi) is 56.1. The fourth-order valence-corrected chi connectivity index (χ4v) is 17.9. The van der Waals surface area contributed by atoms with Crippen LogP contribution in [0.2, 0.25) is 0 Å². The molecule has 0 saturated carbocycles.